The predicted octanol–water partition coefficient (Wildman–Crippen LogP) is 1.81. The lowest BCUT2D eigenvalue weighted by molar-refractivity contribution is -0.142. The molecule has 3 aliphatic heterocycles. The Morgan fingerprint density at radius 1 is 1.15 bits per heavy atom. The maximum Gasteiger partial charge on any atom is 0.253 e. The third kappa shape index (κ3) is 2.95. The number of nitrogens with zero attached hydrogens (tertiary/aromatic N) is 3. The van der Waals surface area contributed by atoms with Gasteiger partial charge < -0.3 is 15.1 Å². The van der Waals surface area contributed by atoms with Crippen LogP contribution in [0.2, 0.25) is 0 Å². The molecule has 2 bridgehead atoms. The number of anilines is 1. The predicted molar refractivity (Wildman–Crippen MR) is 97.9 cm³/mol. The number of carbonyl (C=O) groups excluding carboxylic acids is 2. The van der Waals surface area contributed by atoms with Crippen LogP contribution in [-0.4, -0.2) is 53.4 Å². The van der Waals surface area contributed by atoms with Gasteiger partial charge in [0.15, 0.2) is 0 Å². The molecule has 2 amide bonds. The molecule has 0 radical (unpaired) electrons. The van der Waals surface area contributed by atoms with Gasteiger partial charge in [-0.1, -0.05) is 0 Å². The molecule has 0 spiro atoms. The van der Waals surface area contributed by atoms with Gasteiger partial charge in [0, 0.05) is 44.3 Å². The molecule has 3 atom stereocenters. The lowest BCUT2D eigenvalue weighted by Crippen LogP contribution is -2.60. The van der Waals surface area contributed by atoms with Crippen molar-refractivity contribution in [1.29, 1.82) is 0 Å². The zero-order valence-electron chi connectivity index (χ0n) is 15.1. The molecule has 4 aliphatic rings. The van der Waals surface area contributed by atoms with E-state index in [0.717, 1.165) is 57.6 Å². The summed E-state index contributed by atoms with van der Waals surface area (Å²) < 4.78 is 0. The summed E-state index contributed by atoms with van der Waals surface area (Å²) in [5.41, 5.74) is 0.641. The number of pyridine rings is 1. The molecule has 1 aliphatic carbocycles. The Kier molecular flexibility index (Phi) is 3.87. The molecular weight excluding hydrogens is 328 g/mol. The number of fused-ring (bicyclic) bond motifs is 4. The van der Waals surface area contributed by atoms with Crippen molar-refractivity contribution < 1.29 is 9.59 Å². The highest BCUT2D eigenvalue weighted by Gasteiger charge is 2.44. The lowest BCUT2D eigenvalue weighted by atomic mass is 9.76. The second kappa shape index (κ2) is 6.25. The van der Waals surface area contributed by atoms with Crippen LogP contribution in [0.15, 0.2) is 18.3 Å². The van der Waals surface area contributed by atoms with Gasteiger partial charge in [-0.05, 0) is 56.1 Å². The van der Waals surface area contributed by atoms with Crippen molar-refractivity contribution in [2.75, 3.05) is 24.5 Å². The molecule has 4 heterocycles. The van der Waals surface area contributed by atoms with Crippen molar-refractivity contribution in [3.05, 3.63) is 23.9 Å². The van der Waals surface area contributed by atoms with Crippen molar-refractivity contribution in [3.63, 3.8) is 0 Å². The average Bonchev–Trinajstić information content (AvgIpc) is 3.47. The van der Waals surface area contributed by atoms with Crippen LogP contribution in [0.5, 0.6) is 0 Å². The highest BCUT2D eigenvalue weighted by molar-refractivity contribution is 5.94. The minimum Gasteiger partial charge on any atom is -0.356 e. The molecule has 5 rings (SSSR count). The van der Waals surface area contributed by atoms with E-state index >= 15 is 0 Å². The normalized spacial score (nSPS) is 30.8. The third-order valence-electron chi connectivity index (χ3n) is 6.43. The molecule has 0 aromatic carbocycles. The van der Waals surface area contributed by atoms with E-state index in [1.54, 1.807) is 6.20 Å². The zero-order valence-corrected chi connectivity index (χ0v) is 15.1. The van der Waals surface area contributed by atoms with E-state index in [0.29, 0.717) is 35.4 Å². The van der Waals surface area contributed by atoms with E-state index in [-0.39, 0.29) is 5.91 Å². The fraction of sp³-hybridized carbons (Fsp3) is 0.650. The van der Waals surface area contributed by atoms with Gasteiger partial charge in [0.2, 0.25) is 5.91 Å². The molecule has 4 fully saturated rings. The number of rotatable bonds is 3. The number of hydrogen-bond acceptors (Lipinski definition) is 4. The van der Waals surface area contributed by atoms with Gasteiger partial charge in [0.1, 0.15) is 5.82 Å². The van der Waals surface area contributed by atoms with Crippen LogP contribution in [-0.2, 0) is 4.79 Å². The van der Waals surface area contributed by atoms with Gasteiger partial charge in [0.25, 0.3) is 5.91 Å². The SMILES string of the molecule is O=C(NC1CC1)c1ccc(N2CC3CC(C2)[C@H]2CCCC(=O)N2C3)nc1. The van der Waals surface area contributed by atoms with Gasteiger partial charge in [0.05, 0.1) is 5.56 Å². The lowest BCUT2D eigenvalue weighted by Gasteiger charge is -2.52. The summed E-state index contributed by atoms with van der Waals surface area (Å²) in [6.07, 6.45) is 8.02. The molecule has 1 aromatic heterocycles. The van der Waals surface area contributed by atoms with Crippen LogP contribution in [0.25, 0.3) is 0 Å². The summed E-state index contributed by atoms with van der Waals surface area (Å²) in [5, 5.41) is 3.01. The molecule has 6 heteroatoms. The first-order valence-electron chi connectivity index (χ1n) is 9.99. The summed E-state index contributed by atoms with van der Waals surface area (Å²) in [4.78, 5) is 33.5. The second-order valence-corrected chi connectivity index (χ2v) is 8.43. The number of hydrogen-bond donors (Lipinski definition) is 1. The fourth-order valence-corrected chi connectivity index (χ4v) is 5.00. The van der Waals surface area contributed by atoms with Crippen molar-refractivity contribution in [1.82, 2.24) is 15.2 Å². The number of aromatic nitrogens is 1. The van der Waals surface area contributed by atoms with E-state index < -0.39 is 0 Å². The summed E-state index contributed by atoms with van der Waals surface area (Å²) in [6.45, 7) is 2.82. The van der Waals surface area contributed by atoms with Gasteiger partial charge in [-0.25, -0.2) is 4.98 Å². The number of carbonyl (C=O) groups is 2. The van der Waals surface area contributed by atoms with Crippen molar-refractivity contribution >= 4 is 17.6 Å². The topological polar surface area (TPSA) is 65.5 Å². The van der Waals surface area contributed by atoms with Crippen LogP contribution in [0.1, 0.15) is 48.9 Å². The monoisotopic (exact) mass is 354 g/mol. The smallest absolute Gasteiger partial charge is 0.253 e. The molecule has 3 saturated heterocycles. The standard InChI is InChI=1S/C20H26N4O2/c25-19-3-1-2-17-15-8-13(11-24(17)19)10-23(12-15)18-7-4-14(9-21-18)20(26)22-16-5-6-16/h4,7,9,13,15-17H,1-3,5-6,8,10-12H2,(H,22,26)/t13?,15?,17-/m1/s1. The maximum atomic E-state index is 12.3. The molecule has 1 N–H and O–H groups in total. The maximum absolute atomic E-state index is 12.3. The zero-order chi connectivity index (χ0) is 17.7. The summed E-state index contributed by atoms with van der Waals surface area (Å²) in [6, 6.07) is 4.65. The Morgan fingerprint density at radius 3 is 2.81 bits per heavy atom. The summed E-state index contributed by atoms with van der Waals surface area (Å²) in [5.74, 6) is 2.38. The van der Waals surface area contributed by atoms with E-state index in [1.165, 1.54) is 6.42 Å². The van der Waals surface area contributed by atoms with E-state index in [1.807, 2.05) is 12.1 Å². The van der Waals surface area contributed by atoms with E-state index in [4.69, 9.17) is 0 Å². The van der Waals surface area contributed by atoms with Gasteiger partial charge in [-0.3, -0.25) is 9.59 Å². The second-order valence-electron chi connectivity index (χ2n) is 8.43. The first-order chi connectivity index (χ1) is 12.7. The quantitative estimate of drug-likeness (QED) is 0.899. The van der Waals surface area contributed by atoms with Gasteiger partial charge >= 0.3 is 0 Å². The molecule has 1 saturated carbocycles. The van der Waals surface area contributed by atoms with Crippen molar-refractivity contribution in [2.24, 2.45) is 11.8 Å². The van der Waals surface area contributed by atoms with Crippen LogP contribution in [0.3, 0.4) is 0 Å². The molecular formula is C20H26N4O2. The molecule has 26 heavy (non-hydrogen) atoms. The van der Waals surface area contributed by atoms with Crippen LogP contribution < -0.4 is 10.2 Å². The van der Waals surface area contributed by atoms with Crippen LogP contribution in [0, 0.1) is 11.8 Å². The average molecular weight is 354 g/mol. The highest BCUT2D eigenvalue weighted by Crippen LogP contribution is 2.38. The third-order valence-corrected chi connectivity index (χ3v) is 6.43. The van der Waals surface area contributed by atoms with Gasteiger partial charge in [-0.2, -0.15) is 0 Å². The number of nitrogens with one attached hydrogen (secondary N) is 1. The number of piperidine rings is 3. The Morgan fingerprint density at radius 2 is 2.04 bits per heavy atom. The fourth-order valence-electron chi connectivity index (χ4n) is 5.00. The van der Waals surface area contributed by atoms with Crippen molar-refractivity contribution in [3.8, 4) is 0 Å². The summed E-state index contributed by atoms with van der Waals surface area (Å²) >= 11 is 0. The molecule has 2 unspecified atom stereocenters. The Labute approximate surface area is 153 Å². The Balaban J connectivity index is 1.29. The van der Waals surface area contributed by atoms with Crippen LogP contribution >= 0.6 is 0 Å². The minimum atomic E-state index is -0.0153. The Bertz CT molecular complexity index is 715. The highest BCUT2D eigenvalue weighted by atomic mass is 16.2. The molecule has 6 nitrogen and oxygen atoms in total. The van der Waals surface area contributed by atoms with Gasteiger partial charge in [-0.15, -0.1) is 0 Å². The van der Waals surface area contributed by atoms with E-state index in [2.05, 4.69) is 20.1 Å². The molecule has 138 valence electrons. The Hall–Kier alpha value is -2.11. The van der Waals surface area contributed by atoms with E-state index in [9.17, 15) is 9.59 Å². The first kappa shape index (κ1) is 16.1. The molecule has 1 aromatic rings. The number of amides is 2. The first-order valence-corrected chi connectivity index (χ1v) is 9.99. The largest absolute Gasteiger partial charge is 0.356 e. The summed E-state index contributed by atoms with van der Waals surface area (Å²) in [7, 11) is 0. The van der Waals surface area contributed by atoms with Crippen molar-refractivity contribution in [2.45, 2.75) is 50.6 Å². The minimum absolute atomic E-state index is 0.0153. The van der Waals surface area contributed by atoms with Crippen LogP contribution in [0.4, 0.5) is 5.82 Å².